The predicted molar refractivity (Wildman–Crippen MR) is 105 cm³/mol. The van der Waals surface area contributed by atoms with Gasteiger partial charge in [-0.15, -0.1) is 0 Å². The maximum atomic E-state index is 12.6. The molecule has 0 spiro atoms. The third kappa shape index (κ3) is 3.46. The first-order chi connectivity index (χ1) is 13.8. The molecule has 8 heteroatoms. The van der Waals surface area contributed by atoms with Gasteiger partial charge in [-0.05, 0) is 24.6 Å². The molecule has 0 radical (unpaired) electrons. The van der Waals surface area contributed by atoms with Crippen LogP contribution in [0.2, 0.25) is 5.15 Å². The molecular formula is C21H20ClN3O4. The minimum absolute atomic E-state index is 0.0582. The number of fused-ring (bicyclic) bond motifs is 1. The van der Waals surface area contributed by atoms with Gasteiger partial charge in [0, 0.05) is 30.5 Å². The fourth-order valence-electron chi connectivity index (χ4n) is 4.32. The number of aromatic nitrogens is 1. The molecule has 2 amide bonds. The second-order valence-electron chi connectivity index (χ2n) is 7.74. The van der Waals surface area contributed by atoms with E-state index in [1.54, 1.807) is 23.1 Å². The molecule has 0 unspecified atom stereocenters. The van der Waals surface area contributed by atoms with Crippen LogP contribution in [0.15, 0.2) is 42.6 Å². The van der Waals surface area contributed by atoms with Crippen LogP contribution in [0.3, 0.4) is 0 Å². The molecule has 29 heavy (non-hydrogen) atoms. The maximum Gasteiger partial charge on any atom is 0.345 e. The number of amides is 2. The van der Waals surface area contributed by atoms with Gasteiger partial charge in [0.25, 0.3) is 0 Å². The Labute approximate surface area is 173 Å². The van der Waals surface area contributed by atoms with Crippen LogP contribution in [0.1, 0.15) is 48.7 Å². The van der Waals surface area contributed by atoms with E-state index in [0.717, 1.165) is 5.56 Å². The van der Waals surface area contributed by atoms with Gasteiger partial charge in [-0.1, -0.05) is 36.7 Å². The quantitative estimate of drug-likeness (QED) is 0.474. The second kappa shape index (κ2) is 7.15. The molecule has 2 fully saturated rings. The van der Waals surface area contributed by atoms with E-state index in [1.807, 2.05) is 19.1 Å². The number of rotatable bonds is 3. The average molecular weight is 414 g/mol. The number of para-hydroxylation sites is 1. The third-order valence-corrected chi connectivity index (χ3v) is 5.83. The van der Waals surface area contributed by atoms with Crippen molar-refractivity contribution in [1.29, 1.82) is 0 Å². The van der Waals surface area contributed by atoms with Crippen molar-refractivity contribution in [3.63, 3.8) is 0 Å². The molecule has 7 nitrogen and oxygen atoms in total. The normalized spacial score (nSPS) is 25.5. The maximum absolute atomic E-state index is 12.6. The Hall–Kier alpha value is -2.93. The Balaban J connectivity index is 1.66. The third-order valence-electron chi connectivity index (χ3n) is 5.60. The van der Waals surface area contributed by atoms with Crippen molar-refractivity contribution in [2.45, 2.75) is 38.9 Å². The first-order valence-corrected chi connectivity index (χ1v) is 9.67. The molecule has 4 rings (SSSR count). The van der Waals surface area contributed by atoms with Gasteiger partial charge in [-0.3, -0.25) is 9.59 Å². The van der Waals surface area contributed by atoms with Crippen LogP contribution in [0.25, 0.3) is 0 Å². The second-order valence-corrected chi connectivity index (χ2v) is 8.13. The van der Waals surface area contributed by atoms with E-state index in [2.05, 4.69) is 10.3 Å². The van der Waals surface area contributed by atoms with E-state index < -0.39 is 5.97 Å². The summed E-state index contributed by atoms with van der Waals surface area (Å²) in [6.07, 6.45) is 1.93. The van der Waals surface area contributed by atoms with Gasteiger partial charge in [-0.25, -0.2) is 9.78 Å². The number of halogens is 1. The van der Waals surface area contributed by atoms with Gasteiger partial charge < -0.3 is 15.0 Å². The van der Waals surface area contributed by atoms with Gasteiger partial charge in [-0.2, -0.15) is 0 Å². The van der Waals surface area contributed by atoms with Crippen LogP contribution < -0.4 is 10.1 Å². The molecule has 3 heterocycles. The molecule has 2 aliphatic heterocycles. The molecule has 150 valence electrons. The van der Waals surface area contributed by atoms with E-state index in [0.29, 0.717) is 18.6 Å². The molecule has 0 saturated carbocycles. The van der Waals surface area contributed by atoms with Crippen LogP contribution in [-0.4, -0.2) is 33.8 Å². The zero-order chi connectivity index (χ0) is 20.8. The number of ether oxygens (including phenoxy) is 1. The van der Waals surface area contributed by atoms with Crippen molar-refractivity contribution in [2.24, 2.45) is 5.41 Å². The van der Waals surface area contributed by atoms with Gasteiger partial charge in [0.1, 0.15) is 17.1 Å². The first-order valence-electron chi connectivity index (χ1n) is 9.29. The number of carbonyl (C=O) groups excluding carboxylic acids is 3. The molecule has 0 bridgehead atoms. The zero-order valence-electron chi connectivity index (χ0n) is 16.0. The van der Waals surface area contributed by atoms with Crippen LogP contribution in [0.5, 0.6) is 5.75 Å². The molecular weight excluding hydrogens is 394 g/mol. The van der Waals surface area contributed by atoms with E-state index in [9.17, 15) is 14.4 Å². The van der Waals surface area contributed by atoms with Crippen molar-refractivity contribution >= 4 is 29.4 Å². The highest BCUT2D eigenvalue weighted by Crippen LogP contribution is 2.52. The Kier molecular flexibility index (Phi) is 4.78. The molecule has 2 aromatic rings. The van der Waals surface area contributed by atoms with Gasteiger partial charge in [0.2, 0.25) is 11.8 Å². The lowest BCUT2D eigenvalue weighted by Crippen LogP contribution is -2.46. The van der Waals surface area contributed by atoms with Crippen LogP contribution in [0.4, 0.5) is 0 Å². The lowest BCUT2D eigenvalue weighted by atomic mass is 9.83. The number of benzene rings is 1. The number of carbonyl (C=O) groups is 3. The van der Waals surface area contributed by atoms with Gasteiger partial charge in [0.15, 0.2) is 0 Å². The van der Waals surface area contributed by atoms with E-state index in [-0.39, 0.29) is 40.2 Å². The smallest absolute Gasteiger partial charge is 0.345 e. The van der Waals surface area contributed by atoms with Crippen molar-refractivity contribution in [1.82, 2.24) is 15.2 Å². The summed E-state index contributed by atoms with van der Waals surface area (Å²) in [5.74, 6) is -0.390. The average Bonchev–Trinajstić information content (AvgIpc) is 3.10. The minimum atomic E-state index is -0.561. The number of pyridine rings is 1. The monoisotopic (exact) mass is 413 g/mol. The van der Waals surface area contributed by atoms with E-state index >= 15 is 0 Å². The van der Waals surface area contributed by atoms with E-state index in [4.69, 9.17) is 16.3 Å². The van der Waals surface area contributed by atoms with Crippen LogP contribution >= 0.6 is 11.6 Å². The Bertz CT molecular complexity index is 994. The summed E-state index contributed by atoms with van der Waals surface area (Å²) in [7, 11) is 0. The number of nitrogens with one attached hydrogen (secondary N) is 1. The highest BCUT2D eigenvalue weighted by molar-refractivity contribution is 6.29. The molecule has 2 aliphatic rings. The summed E-state index contributed by atoms with van der Waals surface area (Å²) in [5, 5.41) is 3.20. The Morgan fingerprint density at radius 3 is 2.72 bits per heavy atom. The standard InChI is InChI=1S/C21H20ClN3O4/c1-12(26)25-15(9-21(2)10-18(27)24-20(21)25)14-5-3-4-6-16(14)29-19(28)13-7-8-17(22)23-11-13/h3-8,11,15,20H,9-10H2,1-2H3,(H,24,27)/t15-,20-,21+/m0/s1. The topological polar surface area (TPSA) is 88.6 Å². The van der Waals surface area contributed by atoms with Crippen molar-refractivity contribution in [3.05, 3.63) is 58.9 Å². The minimum Gasteiger partial charge on any atom is -0.423 e. The molecule has 1 aromatic heterocycles. The lowest BCUT2D eigenvalue weighted by molar-refractivity contribution is -0.133. The number of esters is 1. The Morgan fingerprint density at radius 2 is 2.03 bits per heavy atom. The molecule has 3 atom stereocenters. The van der Waals surface area contributed by atoms with Crippen LogP contribution in [-0.2, 0) is 9.59 Å². The summed E-state index contributed by atoms with van der Waals surface area (Å²) in [4.78, 5) is 42.5. The largest absolute Gasteiger partial charge is 0.423 e. The summed E-state index contributed by atoms with van der Waals surface area (Å²) < 4.78 is 5.64. The fourth-order valence-corrected chi connectivity index (χ4v) is 4.43. The highest BCUT2D eigenvalue weighted by atomic mass is 35.5. The number of likely N-dealkylation sites (tertiary alicyclic amines) is 1. The van der Waals surface area contributed by atoms with Gasteiger partial charge >= 0.3 is 5.97 Å². The summed E-state index contributed by atoms with van der Waals surface area (Å²) in [6.45, 7) is 3.48. The first kappa shape index (κ1) is 19.4. The number of hydrogen-bond acceptors (Lipinski definition) is 5. The van der Waals surface area contributed by atoms with Crippen molar-refractivity contribution < 1.29 is 19.1 Å². The number of hydrogen-bond donors (Lipinski definition) is 1. The van der Waals surface area contributed by atoms with Crippen molar-refractivity contribution in [3.8, 4) is 5.75 Å². The summed E-state index contributed by atoms with van der Waals surface area (Å²) >= 11 is 5.77. The fraction of sp³-hybridized carbons (Fsp3) is 0.333. The molecule has 1 N–H and O–H groups in total. The highest BCUT2D eigenvalue weighted by Gasteiger charge is 2.56. The molecule has 2 saturated heterocycles. The lowest BCUT2D eigenvalue weighted by Gasteiger charge is -2.30. The summed E-state index contributed by atoms with van der Waals surface area (Å²) in [5.41, 5.74) is 0.628. The van der Waals surface area contributed by atoms with E-state index in [1.165, 1.54) is 19.2 Å². The Morgan fingerprint density at radius 1 is 1.28 bits per heavy atom. The van der Waals surface area contributed by atoms with Crippen LogP contribution in [0, 0.1) is 5.41 Å². The van der Waals surface area contributed by atoms with Gasteiger partial charge in [0.05, 0.1) is 11.6 Å². The SMILES string of the molecule is CC(=O)N1[C@H](c2ccccc2OC(=O)c2ccc(Cl)nc2)C[C@]2(C)CC(=O)N[C@@H]12. The van der Waals surface area contributed by atoms with Crippen molar-refractivity contribution in [2.75, 3.05) is 0 Å². The number of nitrogens with zero attached hydrogens (tertiary/aromatic N) is 2. The zero-order valence-corrected chi connectivity index (χ0v) is 16.8. The predicted octanol–water partition coefficient (Wildman–Crippen LogP) is 3.10. The summed E-state index contributed by atoms with van der Waals surface area (Å²) in [6, 6.07) is 9.89. The molecule has 0 aliphatic carbocycles. The molecule has 1 aromatic carbocycles.